The zero-order chi connectivity index (χ0) is 15.1. The van der Waals surface area contributed by atoms with Gasteiger partial charge in [-0.3, -0.25) is 14.9 Å². The summed E-state index contributed by atoms with van der Waals surface area (Å²) in [5, 5.41) is 16.6. The Labute approximate surface area is 117 Å². The number of nitrogens with one attached hydrogen (secondary N) is 2. The van der Waals surface area contributed by atoms with Crippen LogP contribution in [0.5, 0.6) is 5.75 Å². The minimum absolute atomic E-state index is 0.0754. The van der Waals surface area contributed by atoms with E-state index in [2.05, 4.69) is 10.6 Å². The Morgan fingerprint density at radius 2 is 2.15 bits per heavy atom. The fraction of sp³-hybridized carbons (Fsp3) is 0.462. The highest BCUT2D eigenvalue weighted by Gasteiger charge is 2.15. The van der Waals surface area contributed by atoms with Gasteiger partial charge in [0.1, 0.15) is 11.4 Å². The Morgan fingerprint density at radius 1 is 1.45 bits per heavy atom. The van der Waals surface area contributed by atoms with Crippen LogP contribution in [0.2, 0.25) is 0 Å². The van der Waals surface area contributed by atoms with Crippen molar-refractivity contribution in [3.05, 3.63) is 28.3 Å². The molecule has 1 rings (SSSR count). The number of ether oxygens (including phenoxy) is 1. The summed E-state index contributed by atoms with van der Waals surface area (Å²) in [5.74, 6) is 0.323. The van der Waals surface area contributed by atoms with Gasteiger partial charge in [-0.2, -0.15) is 0 Å². The van der Waals surface area contributed by atoms with Gasteiger partial charge in [0.15, 0.2) is 0 Å². The molecule has 2 N–H and O–H groups in total. The van der Waals surface area contributed by atoms with Gasteiger partial charge in [0.25, 0.3) is 5.69 Å². The maximum atomic E-state index is 11.5. The number of hydrogen-bond acceptors (Lipinski definition) is 5. The van der Waals surface area contributed by atoms with Gasteiger partial charge in [-0.15, -0.1) is 0 Å². The first-order valence-corrected chi connectivity index (χ1v) is 6.29. The number of anilines is 1. The van der Waals surface area contributed by atoms with Crippen molar-refractivity contribution < 1.29 is 14.5 Å². The molecule has 0 aliphatic rings. The van der Waals surface area contributed by atoms with Crippen molar-refractivity contribution in [2.75, 3.05) is 19.0 Å². The second kappa shape index (κ2) is 7.32. The quantitative estimate of drug-likeness (QED) is 0.588. The van der Waals surface area contributed by atoms with Crippen molar-refractivity contribution in [2.24, 2.45) is 0 Å². The Bertz CT molecular complexity index is 489. The molecule has 1 amide bonds. The van der Waals surface area contributed by atoms with E-state index in [0.717, 1.165) is 0 Å². The van der Waals surface area contributed by atoms with E-state index in [1.807, 2.05) is 13.8 Å². The van der Waals surface area contributed by atoms with Crippen molar-refractivity contribution in [3.63, 3.8) is 0 Å². The lowest BCUT2D eigenvalue weighted by molar-refractivity contribution is -0.384. The van der Waals surface area contributed by atoms with Crippen molar-refractivity contribution in [2.45, 2.75) is 26.3 Å². The summed E-state index contributed by atoms with van der Waals surface area (Å²) < 4.78 is 4.95. The number of nitro benzene ring substituents is 1. The van der Waals surface area contributed by atoms with Crippen molar-refractivity contribution in [1.29, 1.82) is 0 Å². The molecule has 0 aromatic heterocycles. The Morgan fingerprint density at radius 3 is 2.70 bits per heavy atom. The van der Waals surface area contributed by atoms with Gasteiger partial charge in [-0.25, -0.2) is 0 Å². The monoisotopic (exact) mass is 281 g/mol. The van der Waals surface area contributed by atoms with Crippen LogP contribution in [0.25, 0.3) is 0 Å². The summed E-state index contributed by atoms with van der Waals surface area (Å²) in [6.45, 7) is 4.07. The van der Waals surface area contributed by atoms with E-state index in [-0.39, 0.29) is 24.1 Å². The van der Waals surface area contributed by atoms with Crippen LogP contribution in [0.1, 0.15) is 20.3 Å². The average molecular weight is 281 g/mol. The summed E-state index contributed by atoms with van der Waals surface area (Å²) in [6, 6.07) is 4.62. The molecule has 20 heavy (non-hydrogen) atoms. The molecule has 0 aliphatic carbocycles. The van der Waals surface area contributed by atoms with E-state index in [9.17, 15) is 14.9 Å². The lowest BCUT2D eigenvalue weighted by Crippen LogP contribution is -2.31. The van der Waals surface area contributed by atoms with Crippen LogP contribution in [0, 0.1) is 10.1 Å². The molecule has 0 unspecified atom stereocenters. The maximum absolute atomic E-state index is 11.5. The number of hydrogen-bond donors (Lipinski definition) is 2. The largest absolute Gasteiger partial charge is 0.496 e. The van der Waals surface area contributed by atoms with Gasteiger partial charge in [0.05, 0.1) is 18.1 Å². The van der Waals surface area contributed by atoms with Gasteiger partial charge in [-0.05, 0) is 26.0 Å². The molecule has 0 bridgehead atoms. The summed E-state index contributed by atoms with van der Waals surface area (Å²) >= 11 is 0. The third kappa shape index (κ3) is 4.75. The highest BCUT2D eigenvalue weighted by atomic mass is 16.6. The van der Waals surface area contributed by atoms with Gasteiger partial charge >= 0.3 is 0 Å². The van der Waals surface area contributed by atoms with Crippen molar-refractivity contribution in [1.82, 2.24) is 5.32 Å². The number of nitro groups is 1. The molecule has 1 aromatic carbocycles. The molecular weight excluding hydrogens is 262 g/mol. The Kier molecular flexibility index (Phi) is 5.76. The Hall–Kier alpha value is -2.31. The molecule has 7 nitrogen and oxygen atoms in total. The number of nitrogens with zero attached hydrogens (tertiary/aromatic N) is 1. The zero-order valence-corrected chi connectivity index (χ0v) is 11.8. The highest BCUT2D eigenvalue weighted by molar-refractivity contribution is 5.77. The standard InChI is InChI=1S/C13H19N3O4/c1-9(2)15-13(17)6-7-14-11-5-4-10(20-3)8-12(11)16(18)19/h4-5,8-9,14H,6-7H2,1-3H3,(H,15,17). The number of carbonyl (C=O) groups excluding carboxylic acids is 1. The van der Waals surface area contributed by atoms with Crippen molar-refractivity contribution in [3.8, 4) is 5.75 Å². The molecular formula is C13H19N3O4. The molecule has 0 fully saturated rings. The summed E-state index contributed by atoms with van der Waals surface area (Å²) in [6.07, 6.45) is 0.251. The summed E-state index contributed by atoms with van der Waals surface area (Å²) in [7, 11) is 1.45. The second-order valence-electron chi connectivity index (χ2n) is 4.54. The molecule has 0 heterocycles. The van der Waals surface area contributed by atoms with Crippen LogP contribution in [-0.4, -0.2) is 30.5 Å². The first kappa shape index (κ1) is 15.7. The molecule has 0 radical (unpaired) electrons. The van der Waals surface area contributed by atoms with Gasteiger partial charge in [-0.1, -0.05) is 0 Å². The van der Waals surface area contributed by atoms with Crippen LogP contribution in [0.4, 0.5) is 11.4 Å². The molecule has 0 atom stereocenters. The number of carbonyl (C=O) groups is 1. The number of benzene rings is 1. The number of methoxy groups -OCH3 is 1. The van der Waals surface area contributed by atoms with Gasteiger partial charge in [0.2, 0.25) is 5.91 Å². The molecule has 0 aliphatic heterocycles. The van der Waals surface area contributed by atoms with Gasteiger partial charge in [0, 0.05) is 19.0 Å². The van der Waals surface area contributed by atoms with E-state index < -0.39 is 4.92 Å². The maximum Gasteiger partial charge on any atom is 0.296 e. The SMILES string of the molecule is COc1ccc(NCCC(=O)NC(C)C)c([N+](=O)[O-])c1. The Balaban J connectivity index is 2.64. The molecule has 1 aromatic rings. The minimum atomic E-state index is -0.487. The molecule has 0 saturated heterocycles. The summed E-state index contributed by atoms with van der Waals surface area (Å²) in [4.78, 5) is 21.9. The van der Waals surface area contributed by atoms with E-state index in [1.54, 1.807) is 12.1 Å². The predicted molar refractivity (Wildman–Crippen MR) is 76.0 cm³/mol. The second-order valence-corrected chi connectivity index (χ2v) is 4.54. The molecule has 0 spiro atoms. The van der Waals surface area contributed by atoms with Gasteiger partial charge < -0.3 is 15.4 Å². The third-order valence-corrected chi connectivity index (χ3v) is 2.52. The smallest absolute Gasteiger partial charge is 0.296 e. The highest BCUT2D eigenvalue weighted by Crippen LogP contribution is 2.28. The molecule has 0 saturated carbocycles. The average Bonchev–Trinajstić information content (AvgIpc) is 2.37. The van der Waals surface area contributed by atoms with E-state index in [1.165, 1.54) is 13.2 Å². The first-order valence-electron chi connectivity index (χ1n) is 6.29. The lowest BCUT2D eigenvalue weighted by atomic mass is 10.2. The minimum Gasteiger partial charge on any atom is -0.496 e. The lowest BCUT2D eigenvalue weighted by Gasteiger charge is -2.10. The first-order chi connectivity index (χ1) is 9.43. The number of rotatable bonds is 7. The summed E-state index contributed by atoms with van der Waals surface area (Å²) in [5.41, 5.74) is 0.293. The van der Waals surface area contributed by atoms with E-state index in [4.69, 9.17) is 4.74 Å². The van der Waals surface area contributed by atoms with E-state index in [0.29, 0.717) is 18.0 Å². The molecule has 7 heteroatoms. The van der Waals surface area contributed by atoms with E-state index >= 15 is 0 Å². The molecule has 110 valence electrons. The third-order valence-electron chi connectivity index (χ3n) is 2.52. The van der Waals surface area contributed by atoms with Crippen LogP contribution >= 0.6 is 0 Å². The topological polar surface area (TPSA) is 93.5 Å². The normalized spacial score (nSPS) is 10.2. The zero-order valence-electron chi connectivity index (χ0n) is 11.8. The number of amides is 1. The van der Waals surface area contributed by atoms with Crippen LogP contribution < -0.4 is 15.4 Å². The van der Waals surface area contributed by atoms with Crippen molar-refractivity contribution >= 4 is 17.3 Å². The fourth-order valence-corrected chi connectivity index (χ4v) is 1.64. The van der Waals surface area contributed by atoms with Crippen LogP contribution in [-0.2, 0) is 4.79 Å². The predicted octanol–water partition coefficient (Wildman–Crippen LogP) is 1.93. The fourth-order valence-electron chi connectivity index (χ4n) is 1.64. The van der Waals surface area contributed by atoms with Crippen LogP contribution in [0.3, 0.4) is 0 Å². The van der Waals surface area contributed by atoms with Crippen LogP contribution in [0.15, 0.2) is 18.2 Å².